The van der Waals surface area contributed by atoms with Crippen molar-refractivity contribution >= 4 is 29.1 Å². The van der Waals surface area contributed by atoms with Crippen molar-refractivity contribution in [2.75, 3.05) is 99.0 Å². The molecular formula is C42H53ClN6O11. The van der Waals surface area contributed by atoms with E-state index in [1.54, 1.807) is 0 Å². The average molecular weight is 853 g/mol. The van der Waals surface area contributed by atoms with Gasteiger partial charge in [-0.3, -0.25) is 19.1 Å². The minimum absolute atomic E-state index is 0.00421. The minimum atomic E-state index is -0.563. The van der Waals surface area contributed by atoms with Crippen molar-refractivity contribution < 1.29 is 53.0 Å². The van der Waals surface area contributed by atoms with Crippen molar-refractivity contribution in [1.82, 2.24) is 25.4 Å². The Balaban J connectivity index is 0.902. The van der Waals surface area contributed by atoms with Crippen LogP contribution >= 0.6 is 11.6 Å². The number of carbonyl (C=O) groups is 2. The Morgan fingerprint density at radius 3 is 1.97 bits per heavy atom. The third-order valence-corrected chi connectivity index (χ3v) is 9.17. The molecular weight excluding hydrogens is 800 g/mol. The van der Waals surface area contributed by atoms with E-state index in [1.165, 1.54) is 18.2 Å². The van der Waals surface area contributed by atoms with E-state index in [1.807, 2.05) is 60.9 Å². The molecule has 18 heteroatoms. The Bertz CT molecular complexity index is 2000. The molecule has 0 bridgehead atoms. The van der Waals surface area contributed by atoms with Crippen LogP contribution in [0.2, 0.25) is 5.02 Å². The second-order valence-electron chi connectivity index (χ2n) is 13.2. The third-order valence-electron chi connectivity index (χ3n) is 8.92. The first-order valence-corrected chi connectivity index (χ1v) is 20.2. The van der Waals surface area contributed by atoms with Gasteiger partial charge in [0.2, 0.25) is 5.91 Å². The molecule has 2 heterocycles. The normalized spacial score (nSPS) is 13.2. The maximum absolute atomic E-state index is 12.7. The number of phenols is 2. The predicted molar refractivity (Wildman–Crippen MR) is 222 cm³/mol. The van der Waals surface area contributed by atoms with Gasteiger partial charge in [-0.05, 0) is 56.3 Å². The number of hydrogen-bond acceptors (Lipinski definition) is 14. The lowest BCUT2D eigenvalue weighted by molar-refractivity contribution is -0.121. The standard InChI is InChI=1S/C42H53ClN6O11/c1-3-44-38(51)28-35-41-48-47-29(2)49(41)36-12-11-32(27-34(36)39(46-35)30-7-9-31(43)10-8-30)60-26-25-59-24-23-58-22-21-57-20-19-56-18-17-55-16-15-54-14-13-45-42(53)33-5-4-6-37(50)40(33)52/h4-12,27,35,50,52H,3,13-26,28H2,1-2H3,(H,44,51)(H,45,53)/t35-/m0/s1. The molecule has 0 saturated carbocycles. The van der Waals surface area contributed by atoms with Crippen LogP contribution in [0.5, 0.6) is 17.2 Å². The molecule has 0 spiro atoms. The van der Waals surface area contributed by atoms with Crippen molar-refractivity contribution in [3.05, 3.63) is 94.0 Å². The number of aryl methyl sites for hydroxylation is 1. The van der Waals surface area contributed by atoms with Crippen molar-refractivity contribution in [2.24, 2.45) is 4.99 Å². The highest BCUT2D eigenvalue weighted by atomic mass is 35.5. The molecule has 2 amide bonds. The molecule has 1 atom stereocenters. The van der Waals surface area contributed by atoms with E-state index in [0.717, 1.165) is 16.8 Å². The van der Waals surface area contributed by atoms with Crippen LogP contribution in [-0.4, -0.2) is 141 Å². The summed E-state index contributed by atoms with van der Waals surface area (Å²) >= 11 is 6.22. The average Bonchev–Trinajstić information content (AvgIpc) is 3.57. The van der Waals surface area contributed by atoms with Gasteiger partial charge in [-0.2, -0.15) is 0 Å². The molecule has 324 valence electrons. The van der Waals surface area contributed by atoms with Gasteiger partial charge in [-0.1, -0.05) is 29.8 Å². The highest BCUT2D eigenvalue weighted by Crippen LogP contribution is 2.34. The molecule has 0 radical (unpaired) electrons. The number of amides is 2. The predicted octanol–water partition coefficient (Wildman–Crippen LogP) is 3.97. The molecule has 1 aliphatic heterocycles. The zero-order chi connectivity index (χ0) is 42.5. The first-order valence-electron chi connectivity index (χ1n) is 19.8. The number of hydrogen-bond donors (Lipinski definition) is 4. The van der Waals surface area contributed by atoms with Gasteiger partial charge in [0.25, 0.3) is 5.91 Å². The van der Waals surface area contributed by atoms with E-state index in [-0.39, 0.29) is 36.8 Å². The van der Waals surface area contributed by atoms with Crippen molar-refractivity contribution in [1.29, 1.82) is 0 Å². The number of phenolic OH excluding ortho intramolecular Hbond substituents is 2. The van der Waals surface area contributed by atoms with E-state index in [9.17, 15) is 19.8 Å². The van der Waals surface area contributed by atoms with Crippen molar-refractivity contribution in [3.63, 3.8) is 0 Å². The summed E-state index contributed by atoms with van der Waals surface area (Å²) in [5, 5.41) is 34.1. The van der Waals surface area contributed by atoms with E-state index in [4.69, 9.17) is 49.8 Å². The quantitative estimate of drug-likeness (QED) is 0.0496. The van der Waals surface area contributed by atoms with Gasteiger partial charge in [0.05, 0.1) is 103 Å². The summed E-state index contributed by atoms with van der Waals surface area (Å²) in [5.74, 6) is 0.466. The number of ether oxygens (including phenoxy) is 7. The third kappa shape index (κ3) is 14.0. The lowest BCUT2D eigenvalue weighted by Crippen LogP contribution is -2.27. The Morgan fingerprint density at radius 1 is 0.750 bits per heavy atom. The molecule has 5 rings (SSSR count). The number of aromatic nitrogens is 3. The number of halogens is 1. The number of nitrogens with one attached hydrogen (secondary N) is 2. The summed E-state index contributed by atoms with van der Waals surface area (Å²) in [6.45, 7) is 9.55. The largest absolute Gasteiger partial charge is 0.504 e. The maximum Gasteiger partial charge on any atom is 0.255 e. The molecule has 60 heavy (non-hydrogen) atoms. The summed E-state index contributed by atoms with van der Waals surface area (Å²) in [6.07, 6.45) is 0.119. The topological polar surface area (TPSA) is 206 Å². The number of carbonyl (C=O) groups excluding carboxylic acids is 2. The minimum Gasteiger partial charge on any atom is -0.504 e. The zero-order valence-electron chi connectivity index (χ0n) is 33.9. The van der Waals surface area contributed by atoms with E-state index < -0.39 is 17.7 Å². The highest BCUT2D eigenvalue weighted by Gasteiger charge is 2.30. The Morgan fingerprint density at radius 2 is 1.35 bits per heavy atom. The summed E-state index contributed by atoms with van der Waals surface area (Å²) in [7, 11) is 0. The van der Waals surface area contributed by atoms with Crippen LogP contribution in [0.15, 0.2) is 65.7 Å². The van der Waals surface area contributed by atoms with Gasteiger partial charge in [0.15, 0.2) is 17.3 Å². The van der Waals surface area contributed by atoms with E-state index in [2.05, 4.69) is 20.8 Å². The van der Waals surface area contributed by atoms with Crippen LogP contribution in [0.4, 0.5) is 0 Å². The fourth-order valence-electron chi connectivity index (χ4n) is 6.05. The van der Waals surface area contributed by atoms with Crippen LogP contribution in [0, 0.1) is 6.92 Å². The monoisotopic (exact) mass is 852 g/mol. The Kier molecular flexibility index (Phi) is 19.0. The molecule has 1 aliphatic rings. The maximum atomic E-state index is 12.7. The Labute approximate surface area is 353 Å². The molecule has 0 fully saturated rings. The summed E-state index contributed by atoms with van der Waals surface area (Å²) in [6, 6.07) is 16.8. The highest BCUT2D eigenvalue weighted by molar-refractivity contribution is 6.30. The van der Waals surface area contributed by atoms with Gasteiger partial charge in [0.1, 0.15) is 24.2 Å². The lowest BCUT2D eigenvalue weighted by atomic mass is 10.00. The number of aliphatic imine (C=N–C) groups is 1. The molecule has 4 N–H and O–H groups in total. The van der Waals surface area contributed by atoms with Gasteiger partial charge < -0.3 is 54.0 Å². The SMILES string of the molecule is CCNC(=O)C[C@@H]1N=C(c2ccc(Cl)cc2)c2cc(OCCOCCOCCOCCOCCOCCOCCNC(=O)c3cccc(O)c3O)ccc2-n2c(C)nnc21. The number of rotatable bonds is 27. The molecule has 3 aromatic carbocycles. The van der Waals surface area contributed by atoms with Crippen LogP contribution < -0.4 is 15.4 Å². The molecule has 0 saturated heterocycles. The van der Waals surface area contributed by atoms with Gasteiger partial charge in [-0.25, -0.2) is 0 Å². The molecule has 1 aromatic heterocycles. The van der Waals surface area contributed by atoms with E-state index >= 15 is 0 Å². The van der Waals surface area contributed by atoms with Crippen molar-refractivity contribution in [3.8, 4) is 22.9 Å². The number of benzene rings is 3. The van der Waals surface area contributed by atoms with Gasteiger partial charge >= 0.3 is 0 Å². The fraction of sp³-hybridized carbons (Fsp3) is 0.452. The Hall–Kier alpha value is -5.14. The van der Waals surface area contributed by atoms with Crippen LogP contribution in [-0.2, 0) is 33.2 Å². The second-order valence-corrected chi connectivity index (χ2v) is 13.7. The molecule has 0 unspecified atom stereocenters. The summed E-state index contributed by atoms with van der Waals surface area (Å²) in [4.78, 5) is 29.9. The van der Waals surface area contributed by atoms with E-state index in [0.29, 0.717) is 114 Å². The van der Waals surface area contributed by atoms with Crippen LogP contribution in [0.25, 0.3) is 5.69 Å². The first-order chi connectivity index (χ1) is 29.3. The molecule has 17 nitrogen and oxygen atoms in total. The van der Waals surface area contributed by atoms with Crippen LogP contribution in [0.1, 0.15) is 52.5 Å². The second kappa shape index (κ2) is 24.8. The van der Waals surface area contributed by atoms with Gasteiger partial charge in [0, 0.05) is 29.2 Å². The molecule has 0 aliphatic carbocycles. The number of nitrogens with zero attached hydrogens (tertiary/aromatic N) is 4. The van der Waals surface area contributed by atoms with Crippen LogP contribution in [0.3, 0.4) is 0 Å². The fourth-order valence-corrected chi connectivity index (χ4v) is 6.18. The summed E-state index contributed by atoms with van der Waals surface area (Å²) in [5.41, 5.74) is 3.17. The number of para-hydroxylation sites is 1. The zero-order valence-corrected chi connectivity index (χ0v) is 34.7. The number of aromatic hydroxyl groups is 2. The lowest BCUT2D eigenvalue weighted by Gasteiger charge is -2.15. The molecule has 4 aromatic rings. The number of fused-ring (bicyclic) bond motifs is 3. The van der Waals surface area contributed by atoms with Crippen molar-refractivity contribution in [2.45, 2.75) is 26.3 Å². The van der Waals surface area contributed by atoms with Gasteiger partial charge in [-0.15, -0.1) is 10.2 Å². The first kappa shape index (κ1) is 45.9. The smallest absolute Gasteiger partial charge is 0.255 e. The summed E-state index contributed by atoms with van der Waals surface area (Å²) < 4.78 is 41.3.